The van der Waals surface area contributed by atoms with Crippen molar-refractivity contribution in [2.75, 3.05) is 18.4 Å². The van der Waals surface area contributed by atoms with Crippen LogP contribution < -0.4 is 11.1 Å². The molecule has 1 unspecified atom stereocenters. The van der Waals surface area contributed by atoms with Crippen LogP contribution in [0.4, 0.5) is 5.69 Å². The van der Waals surface area contributed by atoms with Crippen molar-refractivity contribution in [2.24, 2.45) is 5.73 Å². The van der Waals surface area contributed by atoms with E-state index in [1.807, 2.05) is 0 Å². The first-order valence-corrected chi connectivity index (χ1v) is 7.03. The van der Waals surface area contributed by atoms with Crippen molar-refractivity contribution in [1.82, 2.24) is 4.90 Å². The Morgan fingerprint density at radius 1 is 1.35 bits per heavy atom. The van der Waals surface area contributed by atoms with Gasteiger partial charge in [-0.1, -0.05) is 17.7 Å². The molecule has 0 aliphatic carbocycles. The topological polar surface area (TPSA) is 75.4 Å². The second kappa shape index (κ2) is 6.61. The second-order valence-corrected chi connectivity index (χ2v) is 5.34. The van der Waals surface area contributed by atoms with Crippen molar-refractivity contribution in [3.05, 3.63) is 29.3 Å². The first kappa shape index (κ1) is 14.7. The molecule has 2 rings (SSSR count). The molecule has 1 fully saturated rings. The number of primary amides is 1. The quantitative estimate of drug-likeness (QED) is 0.867. The van der Waals surface area contributed by atoms with Gasteiger partial charge in [0.25, 0.3) is 0 Å². The smallest absolute Gasteiger partial charge is 0.240 e. The normalized spacial score (nSPS) is 15.9. The third-order valence-corrected chi connectivity index (χ3v) is 3.58. The molecule has 3 N–H and O–H groups in total. The number of likely N-dealkylation sites (tertiary alicyclic amines) is 1. The maximum atomic E-state index is 12.1. The highest BCUT2D eigenvalue weighted by Gasteiger charge is 2.24. The number of nitrogens with zero attached hydrogens (tertiary/aromatic N) is 1. The summed E-state index contributed by atoms with van der Waals surface area (Å²) in [6, 6.07) is 6.26. The first-order valence-electron chi connectivity index (χ1n) is 6.65. The van der Waals surface area contributed by atoms with Crippen molar-refractivity contribution in [1.29, 1.82) is 0 Å². The van der Waals surface area contributed by atoms with Crippen molar-refractivity contribution in [2.45, 2.75) is 25.3 Å². The molecule has 1 saturated heterocycles. The molecule has 1 aromatic carbocycles. The number of carbonyl (C=O) groups excluding carboxylic acids is 2. The van der Waals surface area contributed by atoms with Crippen LogP contribution in [0.1, 0.15) is 19.3 Å². The summed E-state index contributed by atoms with van der Waals surface area (Å²) >= 11 is 5.89. The number of amides is 2. The van der Waals surface area contributed by atoms with Gasteiger partial charge in [-0.05, 0) is 31.0 Å². The number of hydrogen-bond acceptors (Lipinski definition) is 3. The molecule has 0 aromatic heterocycles. The highest BCUT2D eigenvalue weighted by Crippen LogP contribution is 2.17. The number of carbonyl (C=O) groups is 2. The van der Waals surface area contributed by atoms with Crippen LogP contribution in [0.5, 0.6) is 0 Å². The predicted molar refractivity (Wildman–Crippen MR) is 78.5 cm³/mol. The minimum absolute atomic E-state index is 0.0409. The largest absolute Gasteiger partial charge is 0.373 e. The van der Waals surface area contributed by atoms with Crippen LogP contribution in [0.25, 0.3) is 0 Å². The van der Waals surface area contributed by atoms with Crippen LogP contribution in [-0.2, 0) is 9.59 Å². The lowest BCUT2D eigenvalue weighted by Crippen LogP contribution is -2.41. The highest BCUT2D eigenvalue weighted by atomic mass is 35.5. The molecule has 108 valence electrons. The van der Waals surface area contributed by atoms with E-state index in [4.69, 9.17) is 17.3 Å². The zero-order valence-corrected chi connectivity index (χ0v) is 11.9. The van der Waals surface area contributed by atoms with Crippen LogP contribution in [0.3, 0.4) is 0 Å². The third kappa shape index (κ3) is 3.87. The Morgan fingerprint density at radius 3 is 2.65 bits per heavy atom. The number of nitrogens with one attached hydrogen (secondary N) is 1. The van der Waals surface area contributed by atoms with Gasteiger partial charge in [-0.3, -0.25) is 9.59 Å². The average molecular weight is 296 g/mol. The Bertz CT molecular complexity index is 501. The summed E-state index contributed by atoms with van der Waals surface area (Å²) in [6.07, 6.45) is 2.12. The Hall–Kier alpha value is -1.75. The number of halogens is 1. The SMILES string of the molecule is NC(=O)C(CC(=O)N1CCCC1)Nc1cccc(Cl)c1. The zero-order chi connectivity index (χ0) is 14.5. The fourth-order valence-corrected chi connectivity index (χ4v) is 2.46. The Kier molecular flexibility index (Phi) is 4.84. The zero-order valence-electron chi connectivity index (χ0n) is 11.1. The van der Waals surface area contributed by atoms with Crippen molar-refractivity contribution < 1.29 is 9.59 Å². The summed E-state index contributed by atoms with van der Waals surface area (Å²) in [4.78, 5) is 25.3. The molecule has 6 heteroatoms. The molecular formula is C14H18ClN3O2. The number of hydrogen-bond donors (Lipinski definition) is 2. The summed E-state index contributed by atoms with van der Waals surface area (Å²) in [6.45, 7) is 1.53. The molecule has 2 amide bonds. The number of anilines is 1. The predicted octanol–water partition coefficient (Wildman–Crippen LogP) is 1.62. The van der Waals surface area contributed by atoms with E-state index in [9.17, 15) is 9.59 Å². The fraction of sp³-hybridized carbons (Fsp3) is 0.429. The van der Waals surface area contributed by atoms with E-state index in [1.165, 1.54) is 0 Å². The molecule has 1 atom stereocenters. The summed E-state index contributed by atoms with van der Waals surface area (Å²) in [5.41, 5.74) is 6.04. The molecular weight excluding hydrogens is 278 g/mol. The van der Waals surface area contributed by atoms with Crippen LogP contribution in [-0.4, -0.2) is 35.8 Å². The number of benzene rings is 1. The van der Waals surface area contributed by atoms with Crippen LogP contribution in [0.15, 0.2) is 24.3 Å². The van der Waals surface area contributed by atoms with Gasteiger partial charge in [0, 0.05) is 23.8 Å². The van der Waals surface area contributed by atoms with Gasteiger partial charge in [0.05, 0.1) is 6.42 Å². The maximum Gasteiger partial charge on any atom is 0.240 e. The van der Waals surface area contributed by atoms with Crippen molar-refractivity contribution in [3.63, 3.8) is 0 Å². The van der Waals surface area contributed by atoms with Gasteiger partial charge in [-0.15, -0.1) is 0 Å². The first-order chi connectivity index (χ1) is 9.56. The molecule has 5 nitrogen and oxygen atoms in total. The minimum Gasteiger partial charge on any atom is -0.373 e. The number of nitrogens with two attached hydrogens (primary N) is 1. The minimum atomic E-state index is -0.721. The number of rotatable bonds is 5. The standard InChI is InChI=1S/C14H18ClN3O2/c15-10-4-3-5-11(8-10)17-12(14(16)20)9-13(19)18-6-1-2-7-18/h3-5,8,12,17H,1-2,6-7,9H2,(H2,16,20). The van der Waals surface area contributed by atoms with E-state index in [1.54, 1.807) is 29.2 Å². The third-order valence-electron chi connectivity index (χ3n) is 3.35. The molecule has 1 heterocycles. The molecule has 20 heavy (non-hydrogen) atoms. The highest BCUT2D eigenvalue weighted by molar-refractivity contribution is 6.30. The van der Waals surface area contributed by atoms with E-state index in [0.717, 1.165) is 25.9 Å². The van der Waals surface area contributed by atoms with E-state index in [-0.39, 0.29) is 12.3 Å². The van der Waals surface area contributed by atoms with Crippen molar-refractivity contribution >= 4 is 29.1 Å². The molecule has 1 aliphatic heterocycles. The van der Waals surface area contributed by atoms with Crippen LogP contribution >= 0.6 is 11.6 Å². The lowest BCUT2D eigenvalue weighted by atomic mass is 10.1. The Morgan fingerprint density at radius 2 is 2.05 bits per heavy atom. The van der Waals surface area contributed by atoms with E-state index in [0.29, 0.717) is 10.7 Å². The Labute approximate surface area is 123 Å². The molecule has 0 saturated carbocycles. The van der Waals surface area contributed by atoms with Gasteiger partial charge < -0.3 is 16.0 Å². The van der Waals surface area contributed by atoms with Gasteiger partial charge >= 0.3 is 0 Å². The molecule has 0 spiro atoms. The van der Waals surface area contributed by atoms with E-state index >= 15 is 0 Å². The van der Waals surface area contributed by atoms with Crippen molar-refractivity contribution in [3.8, 4) is 0 Å². The summed E-state index contributed by atoms with van der Waals surface area (Å²) in [5.74, 6) is -0.585. The lowest BCUT2D eigenvalue weighted by molar-refractivity contribution is -0.132. The van der Waals surface area contributed by atoms with Gasteiger partial charge in [0.15, 0.2) is 0 Å². The van der Waals surface area contributed by atoms with Gasteiger partial charge in [-0.2, -0.15) is 0 Å². The summed E-state index contributed by atoms with van der Waals surface area (Å²) in [5, 5.41) is 3.53. The van der Waals surface area contributed by atoms with Gasteiger partial charge in [-0.25, -0.2) is 0 Å². The fourth-order valence-electron chi connectivity index (χ4n) is 2.27. The molecule has 0 radical (unpaired) electrons. The average Bonchev–Trinajstić information content (AvgIpc) is 2.91. The Balaban J connectivity index is 2.00. The summed E-state index contributed by atoms with van der Waals surface area (Å²) < 4.78 is 0. The van der Waals surface area contributed by atoms with E-state index in [2.05, 4.69) is 5.32 Å². The second-order valence-electron chi connectivity index (χ2n) is 4.90. The monoisotopic (exact) mass is 295 g/mol. The molecule has 1 aromatic rings. The van der Waals surface area contributed by atoms with Gasteiger partial charge in [0.1, 0.15) is 6.04 Å². The van der Waals surface area contributed by atoms with E-state index < -0.39 is 11.9 Å². The van der Waals surface area contributed by atoms with Crippen LogP contribution in [0, 0.1) is 0 Å². The van der Waals surface area contributed by atoms with Gasteiger partial charge in [0.2, 0.25) is 11.8 Å². The molecule has 0 bridgehead atoms. The molecule has 1 aliphatic rings. The maximum absolute atomic E-state index is 12.1. The summed E-state index contributed by atoms with van der Waals surface area (Å²) in [7, 11) is 0. The lowest BCUT2D eigenvalue weighted by Gasteiger charge is -2.20. The van der Waals surface area contributed by atoms with Crippen LogP contribution in [0.2, 0.25) is 5.02 Å².